The van der Waals surface area contributed by atoms with Crippen molar-refractivity contribution in [1.29, 1.82) is 0 Å². The SMILES string of the molecule is CCC1(C)CCC(C)(C)c2cc(C)c(C3(c4ccc(B(O)O)cc4)OCCCO3)cc21. The van der Waals surface area contributed by atoms with E-state index in [-0.39, 0.29) is 10.8 Å². The predicted molar refractivity (Wildman–Crippen MR) is 125 cm³/mol. The number of ether oxygens (including phenoxy) is 2. The minimum absolute atomic E-state index is 0.133. The molecule has 1 unspecified atom stereocenters. The van der Waals surface area contributed by atoms with Crippen molar-refractivity contribution in [3.05, 3.63) is 64.2 Å². The van der Waals surface area contributed by atoms with Crippen molar-refractivity contribution in [1.82, 2.24) is 0 Å². The molecule has 1 atom stereocenters. The van der Waals surface area contributed by atoms with E-state index in [2.05, 4.69) is 46.8 Å². The first-order valence-corrected chi connectivity index (χ1v) is 11.5. The molecule has 2 N–H and O–H groups in total. The Hall–Kier alpha value is -1.66. The van der Waals surface area contributed by atoms with Gasteiger partial charge >= 0.3 is 7.12 Å². The van der Waals surface area contributed by atoms with Gasteiger partial charge in [-0.15, -0.1) is 0 Å². The third-order valence-electron chi connectivity index (χ3n) is 7.67. The molecule has 1 aliphatic carbocycles. The Labute approximate surface area is 186 Å². The molecule has 0 bridgehead atoms. The van der Waals surface area contributed by atoms with Gasteiger partial charge in [-0.05, 0) is 71.7 Å². The zero-order valence-corrected chi connectivity index (χ0v) is 19.5. The minimum Gasteiger partial charge on any atom is -0.423 e. The second-order valence-electron chi connectivity index (χ2n) is 10.2. The van der Waals surface area contributed by atoms with Crippen molar-refractivity contribution in [3.8, 4) is 0 Å². The molecule has 2 aromatic rings. The van der Waals surface area contributed by atoms with Gasteiger partial charge in [0.15, 0.2) is 0 Å². The first kappa shape index (κ1) is 22.5. The summed E-state index contributed by atoms with van der Waals surface area (Å²) in [6, 6.07) is 11.9. The molecule has 1 fully saturated rings. The molecule has 0 radical (unpaired) electrons. The van der Waals surface area contributed by atoms with Crippen LogP contribution in [0, 0.1) is 6.92 Å². The molecule has 4 nitrogen and oxygen atoms in total. The normalized spacial score (nSPS) is 24.5. The Kier molecular flexibility index (Phi) is 5.84. The van der Waals surface area contributed by atoms with Gasteiger partial charge in [0.1, 0.15) is 0 Å². The lowest BCUT2D eigenvalue weighted by molar-refractivity contribution is -0.249. The zero-order valence-electron chi connectivity index (χ0n) is 19.5. The van der Waals surface area contributed by atoms with E-state index < -0.39 is 12.9 Å². The highest BCUT2D eigenvalue weighted by Gasteiger charge is 2.44. The first-order chi connectivity index (χ1) is 14.6. The smallest absolute Gasteiger partial charge is 0.423 e. The zero-order chi connectivity index (χ0) is 22.4. The summed E-state index contributed by atoms with van der Waals surface area (Å²) in [5, 5.41) is 19.0. The third-order valence-corrected chi connectivity index (χ3v) is 7.67. The van der Waals surface area contributed by atoms with Crippen LogP contribution in [-0.4, -0.2) is 30.4 Å². The summed E-state index contributed by atoms with van der Waals surface area (Å²) in [6.45, 7) is 12.8. The molecule has 1 saturated heterocycles. The fourth-order valence-electron chi connectivity index (χ4n) is 5.23. The number of hydrogen-bond donors (Lipinski definition) is 2. The van der Waals surface area contributed by atoms with Gasteiger partial charge in [0.25, 0.3) is 0 Å². The fourth-order valence-corrected chi connectivity index (χ4v) is 5.23. The summed E-state index contributed by atoms with van der Waals surface area (Å²) < 4.78 is 12.8. The third kappa shape index (κ3) is 3.76. The van der Waals surface area contributed by atoms with Crippen molar-refractivity contribution in [2.45, 2.75) is 76.9 Å². The lowest BCUT2D eigenvalue weighted by Gasteiger charge is -2.46. The van der Waals surface area contributed by atoms with Gasteiger partial charge in [-0.1, -0.05) is 58.0 Å². The molecular weight excluding hydrogens is 387 g/mol. The van der Waals surface area contributed by atoms with Crippen LogP contribution in [0.3, 0.4) is 0 Å². The van der Waals surface area contributed by atoms with Gasteiger partial charge in [0.2, 0.25) is 5.79 Å². The van der Waals surface area contributed by atoms with Gasteiger partial charge in [-0.3, -0.25) is 0 Å². The van der Waals surface area contributed by atoms with Crippen LogP contribution >= 0.6 is 0 Å². The van der Waals surface area contributed by atoms with E-state index >= 15 is 0 Å². The Balaban J connectivity index is 1.92. The molecule has 1 aliphatic heterocycles. The van der Waals surface area contributed by atoms with Crippen molar-refractivity contribution >= 4 is 12.6 Å². The number of fused-ring (bicyclic) bond motifs is 1. The topological polar surface area (TPSA) is 58.9 Å². The van der Waals surface area contributed by atoms with Crippen molar-refractivity contribution in [2.75, 3.05) is 13.2 Å². The molecule has 166 valence electrons. The van der Waals surface area contributed by atoms with Gasteiger partial charge in [-0.25, -0.2) is 0 Å². The van der Waals surface area contributed by atoms with Crippen LogP contribution < -0.4 is 5.46 Å². The quantitative estimate of drug-likeness (QED) is 0.730. The highest BCUT2D eigenvalue weighted by molar-refractivity contribution is 6.58. The number of hydrogen-bond acceptors (Lipinski definition) is 4. The monoisotopic (exact) mass is 422 g/mol. The molecule has 5 heteroatoms. The molecule has 0 aromatic heterocycles. The van der Waals surface area contributed by atoms with E-state index in [0.29, 0.717) is 18.7 Å². The fraction of sp³-hybridized carbons (Fsp3) is 0.538. The van der Waals surface area contributed by atoms with E-state index in [0.717, 1.165) is 24.0 Å². The molecule has 2 aromatic carbocycles. The average Bonchev–Trinajstić information content (AvgIpc) is 2.77. The van der Waals surface area contributed by atoms with E-state index in [4.69, 9.17) is 9.47 Å². The maximum Gasteiger partial charge on any atom is 0.488 e. The molecule has 4 rings (SSSR count). The van der Waals surface area contributed by atoms with Crippen LogP contribution in [-0.2, 0) is 26.1 Å². The number of aryl methyl sites for hydroxylation is 1. The van der Waals surface area contributed by atoms with E-state index in [9.17, 15) is 10.0 Å². The van der Waals surface area contributed by atoms with E-state index in [1.54, 1.807) is 12.1 Å². The minimum atomic E-state index is -1.49. The Bertz CT molecular complexity index is 945. The average molecular weight is 422 g/mol. The first-order valence-electron chi connectivity index (χ1n) is 11.5. The van der Waals surface area contributed by atoms with Crippen LogP contribution in [0.1, 0.15) is 81.2 Å². The van der Waals surface area contributed by atoms with E-state index in [1.807, 2.05) is 12.1 Å². The molecular formula is C26H35BO4. The maximum atomic E-state index is 9.51. The molecule has 2 aliphatic rings. The summed E-state index contributed by atoms with van der Waals surface area (Å²) in [4.78, 5) is 0. The van der Waals surface area contributed by atoms with Gasteiger partial charge in [0, 0.05) is 11.1 Å². The number of rotatable bonds is 4. The van der Waals surface area contributed by atoms with Gasteiger partial charge in [0.05, 0.1) is 13.2 Å². The largest absolute Gasteiger partial charge is 0.488 e. The van der Waals surface area contributed by atoms with E-state index in [1.165, 1.54) is 29.5 Å². The molecule has 0 saturated carbocycles. The second kappa shape index (κ2) is 8.04. The number of benzene rings is 2. The molecule has 0 spiro atoms. The van der Waals surface area contributed by atoms with Crippen LogP contribution in [0.25, 0.3) is 0 Å². The highest BCUT2D eigenvalue weighted by atomic mass is 16.7. The second-order valence-corrected chi connectivity index (χ2v) is 10.2. The molecule has 0 amide bonds. The highest BCUT2D eigenvalue weighted by Crippen LogP contribution is 2.50. The van der Waals surface area contributed by atoms with Crippen molar-refractivity contribution < 1.29 is 19.5 Å². The van der Waals surface area contributed by atoms with Crippen LogP contribution in [0.5, 0.6) is 0 Å². The predicted octanol–water partition coefficient (Wildman–Crippen LogP) is 4.05. The summed E-state index contributed by atoms with van der Waals surface area (Å²) in [5.41, 5.74) is 6.69. The lowest BCUT2D eigenvalue weighted by Crippen LogP contribution is -2.42. The Morgan fingerprint density at radius 3 is 2.13 bits per heavy atom. The maximum absolute atomic E-state index is 9.51. The summed E-state index contributed by atoms with van der Waals surface area (Å²) in [6.07, 6.45) is 4.31. The molecule has 1 heterocycles. The Morgan fingerprint density at radius 2 is 1.55 bits per heavy atom. The van der Waals surface area contributed by atoms with Crippen LogP contribution in [0.15, 0.2) is 36.4 Å². The van der Waals surface area contributed by atoms with Crippen LogP contribution in [0.2, 0.25) is 0 Å². The summed E-state index contributed by atoms with van der Waals surface area (Å²) in [7, 11) is -1.49. The summed E-state index contributed by atoms with van der Waals surface area (Å²) in [5.74, 6) is -0.980. The van der Waals surface area contributed by atoms with Gasteiger partial charge in [-0.2, -0.15) is 0 Å². The standard InChI is InChI=1S/C26H35BO4/c1-6-25(5)13-12-24(3,4)22-16-18(2)21(17-23(22)25)26(30-14-7-15-31-26)19-8-10-20(11-9-19)27(28)29/h8-11,16-17,28-29H,6-7,12-15H2,1-5H3. The van der Waals surface area contributed by atoms with Gasteiger partial charge < -0.3 is 19.5 Å². The van der Waals surface area contributed by atoms with Crippen LogP contribution in [0.4, 0.5) is 0 Å². The summed E-state index contributed by atoms with van der Waals surface area (Å²) >= 11 is 0. The van der Waals surface area contributed by atoms with Crippen molar-refractivity contribution in [2.24, 2.45) is 0 Å². The lowest BCUT2D eigenvalue weighted by atomic mass is 9.60. The Morgan fingerprint density at radius 1 is 0.903 bits per heavy atom. The van der Waals surface area contributed by atoms with Crippen molar-refractivity contribution in [3.63, 3.8) is 0 Å². The molecule has 31 heavy (non-hydrogen) atoms.